The molecule has 0 radical (unpaired) electrons. The maximum atomic E-state index is 12.2. The summed E-state index contributed by atoms with van der Waals surface area (Å²) in [5.74, 6) is -0.0234. The fourth-order valence-corrected chi connectivity index (χ4v) is 3.14. The molecule has 1 N–H and O–H groups in total. The number of hydrogen-bond donors (Lipinski definition) is 1. The first kappa shape index (κ1) is 16.9. The molecule has 0 saturated carbocycles. The van der Waals surface area contributed by atoms with Crippen LogP contribution < -0.4 is 5.32 Å². The largest absolute Gasteiger partial charge is 0.353 e. The Labute approximate surface area is 142 Å². The number of fused-ring (bicyclic) bond motifs is 1. The lowest BCUT2D eigenvalue weighted by Gasteiger charge is -2.37. The van der Waals surface area contributed by atoms with Gasteiger partial charge in [0.2, 0.25) is 5.91 Å². The van der Waals surface area contributed by atoms with Gasteiger partial charge in [-0.05, 0) is 25.6 Å². The molecule has 1 amide bonds. The highest BCUT2D eigenvalue weighted by Gasteiger charge is 2.20. The number of carbonyl (C=O) groups excluding carboxylic acids is 1. The molecule has 2 heterocycles. The second kappa shape index (κ2) is 7.72. The van der Waals surface area contributed by atoms with E-state index in [1.165, 1.54) is 0 Å². The quantitative estimate of drug-likeness (QED) is 0.839. The second-order valence-electron chi connectivity index (χ2n) is 6.36. The minimum atomic E-state index is -0.0234. The number of aromatic nitrogens is 3. The van der Waals surface area contributed by atoms with Gasteiger partial charge in [0.05, 0.1) is 5.52 Å². The molecule has 0 bridgehead atoms. The summed E-state index contributed by atoms with van der Waals surface area (Å²) < 4.78 is 1.65. The van der Waals surface area contributed by atoms with Gasteiger partial charge in [0.15, 0.2) is 0 Å². The first-order chi connectivity index (χ1) is 11.7. The van der Waals surface area contributed by atoms with Crippen molar-refractivity contribution in [1.29, 1.82) is 0 Å². The zero-order chi connectivity index (χ0) is 16.9. The van der Waals surface area contributed by atoms with Crippen molar-refractivity contribution in [3.63, 3.8) is 0 Å². The standard InChI is InChI=1S/C17H26N6O/c1-3-21-8-10-22(11-9-21)14(2)12-18-17(24)13-23-16-7-5-4-6-15(16)19-20-23/h4-7,14H,3,8-13H2,1-2H3,(H,18,24)/t14-/m1/s1. The van der Waals surface area contributed by atoms with Crippen LogP contribution in [-0.4, -0.2) is 76.0 Å². The van der Waals surface area contributed by atoms with Crippen molar-refractivity contribution in [2.45, 2.75) is 26.4 Å². The monoisotopic (exact) mass is 330 g/mol. The average molecular weight is 330 g/mol. The van der Waals surface area contributed by atoms with E-state index in [1.54, 1.807) is 4.68 Å². The molecular formula is C17H26N6O. The highest BCUT2D eigenvalue weighted by molar-refractivity contribution is 5.79. The number of benzene rings is 1. The van der Waals surface area contributed by atoms with Gasteiger partial charge >= 0.3 is 0 Å². The SMILES string of the molecule is CCN1CCN([C@H](C)CNC(=O)Cn2nnc3ccccc32)CC1. The van der Waals surface area contributed by atoms with Crippen LogP contribution in [0.5, 0.6) is 0 Å². The summed E-state index contributed by atoms with van der Waals surface area (Å²) >= 11 is 0. The molecule has 1 aliphatic heterocycles. The number of rotatable bonds is 6. The van der Waals surface area contributed by atoms with Crippen LogP contribution in [0.25, 0.3) is 11.0 Å². The first-order valence-corrected chi connectivity index (χ1v) is 8.68. The van der Waals surface area contributed by atoms with Gasteiger partial charge in [0, 0.05) is 38.8 Å². The van der Waals surface area contributed by atoms with Crippen LogP contribution in [0.15, 0.2) is 24.3 Å². The molecule has 7 heteroatoms. The van der Waals surface area contributed by atoms with Crippen molar-refractivity contribution in [3.05, 3.63) is 24.3 Å². The van der Waals surface area contributed by atoms with E-state index in [0.717, 1.165) is 43.8 Å². The first-order valence-electron chi connectivity index (χ1n) is 8.68. The van der Waals surface area contributed by atoms with E-state index in [-0.39, 0.29) is 12.5 Å². The molecule has 2 aromatic rings. The van der Waals surface area contributed by atoms with E-state index in [1.807, 2.05) is 24.3 Å². The summed E-state index contributed by atoms with van der Waals surface area (Å²) in [6.07, 6.45) is 0. The van der Waals surface area contributed by atoms with Gasteiger partial charge in [-0.2, -0.15) is 0 Å². The molecule has 1 aliphatic rings. The van der Waals surface area contributed by atoms with Crippen LogP contribution in [0.1, 0.15) is 13.8 Å². The average Bonchev–Trinajstić information content (AvgIpc) is 3.03. The smallest absolute Gasteiger partial charge is 0.241 e. The Morgan fingerprint density at radius 2 is 2.00 bits per heavy atom. The molecule has 1 fully saturated rings. The van der Waals surface area contributed by atoms with Gasteiger partial charge < -0.3 is 10.2 Å². The highest BCUT2D eigenvalue weighted by Crippen LogP contribution is 2.09. The predicted molar refractivity (Wildman–Crippen MR) is 93.7 cm³/mol. The number of para-hydroxylation sites is 1. The summed E-state index contributed by atoms with van der Waals surface area (Å²) in [7, 11) is 0. The lowest BCUT2D eigenvalue weighted by Crippen LogP contribution is -2.52. The Morgan fingerprint density at radius 1 is 1.25 bits per heavy atom. The maximum absolute atomic E-state index is 12.2. The lowest BCUT2D eigenvalue weighted by atomic mass is 10.2. The van der Waals surface area contributed by atoms with Crippen molar-refractivity contribution in [1.82, 2.24) is 30.1 Å². The Hall–Kier alpha value is -1.99. The molecule has 0 spiro atoms. The van der Waals surface area contributed by atoms with E-state index < -0.39 is 0 Å². The molecule has 0 unspecified atom stereocenters. The third-order valence-corrected chi connectivity index (χ3v) is 4.79. The number of nitrogens with zero attached hydrogens (tertiary/aromatic N) is 5. The minimum absolute atomic E-state index is 0.0234. The van der Waals surface area contributed by atoms with Gasteiger partial charge in [0.25, 0.3) is 0 Å². The molecule has 1 aromatic heterocycles. The van der Waals surface area contributed by atoms with E-state index >= 15 is 0 Å². The second-order valence-corrected chi connectivity index (χ2v) is 6.36. The highest BCUT2D eigenvalue weighted by atomic mass is 16.2. The third-order valence-electron chi connectivity index (χ3n) is 4.79. The Bertz CT molecular complexity index is 677. The predicted octanol–water partition coefficient (Wildman–Crippen LogP) is 0.574. The number of likely N-dealkylation sites (N-methyl/N-ethyl adjacent to an activating group) is 1. The van der Waals surface area contributed by atoms with Gasteiger partial charge in [-0.15, -0.1) is 5.10 Å². The van der Waals surface area contributed by atoms with Gasteiger partial charge in [0.1, 0.15) is 12.1 Å². The van der Waals surface area contributed by atoms with Crippen LogP contribution in [0, 0.1) is 0 Å². The fourth-order valence-electron chi connectivity index (χ4n) is 3.14. The summed E-state index contributed by atoms with van der Waals surface area (Å²) in [5.41, 5.74) is 1.70. The topological polar surface area (TPSA) is 66.3 Å². The van der Waals surface area contributed by atoms with E-state index in [9.17, 15) is 4.79 Å². The number of piperazine rings is 1. The van der Waals surface area contributed by atoms with Crippen LogP contribution in [0.2, 0.25) is 0 Å². The molecule has 0 aliphatic carbocycles. The normalized spacial score (nSPS) is 17.9. The zero-order valence-corrected chi connectivity index (χ0v) is 14.5. The van der Waals surface area contributed by atoms with Crippen molar-refractivity contribution in [3.8, 4) is 0 Å². The van der Waals surface area contributed by atoms with Crippen molar-refractivity contribution in [2.24, 2.45) is 0 Å². The number of amides is 1. The van der Waals surface area contributed by atoms with Gasteiger partial charge in [-0.1, -0.05) is 24.3 Å². The van der Waals surface area contributed by atoms with Crippen molar-refractivity contribution < 1.29 is 4.79 Å². The Morgan fingerprint density at radius 3 is 2.75 bits per heavy atom. The van der Waals surface area contributed by atoms with E-state index in [0.29, 0.717) is 12.6 Å². The van der Waals surface area contributed by atoms with Gasteiger partial charge in [-0.25, -0.2) is 4.68 Å². The number of nitrogens with one attached hydrogen (secondary N) is 1. The Balaban J connectivity index is 1.47. The van der Waals surface area contributed by atoms with E-state index in [2.05, 4.69) is 39.3 Å². The Kier molecular flexibility index (Phi) is 5.42. The number of carbonyl (C=O) groups is 1. The van der Waals surface area contributed by atoms with Crippen LogP contribution in [0.3, 0.4) is 0 Å². The summed E-state index contributed by atoms with van der Waals surface area (Å²) in [6.45, 7) is 10.7. The fraction of sp³-hybridized carbons (Fsp3) is 0.588. The van der Waals surface area contributed by atoms with Crippen LogP contribution in [0.4, 0.5) is 0 Å². The zero-order valence-electron chi connectivity index (χ0n) is 14.5. The summed E-state index contributed by atoms with van der Waals surface area (Å²) in [4.78, 5) is 17.1. The van der Waals surface area contributed by atoms with Gasteiger partial charge in [-0.3, -0.25) is 9.69 Å². The third kappa shape index (κ3) is 3.91. The number of hydrogen-bond acceptors (Lipinski definition) is 5. The molecular weight excluding hydrogens is 304 g/mol. The molecule has 1 aromatic carbocycles. The van der Waals surface area contributed by atoms with Crippen LogP contribution >= 0.6 is 0 Å². The van der Waals surface area contributed by atoms with Crippen molar-refractivity contribution in [2.75, 3.05) is 39.3 Å². The molecule has 1 atom stereocenters. The summed E-state index contributed by atoms with van der Waals surface area (Å²) in [5, 5.41) is 11.2. The molecule has 24 heavy (non-hydrogen) atoms. The minimum Gasteiger partial charge on any atom is -0.353 e. The lowest BCUT2D eigenvalue weighted by molar-refractivity contribution is -0.122. The molecule has 3 rings (SSSR count). The molecule has 130 valence electrons. The molecule has 1 saturated heterocycles. The summed E-state index contributed by atoms with van der Waals surface area (Å²) in [6, 6.07) is 8.02. The molecule has 7 nitrogen and oxygen atoms in total. The maximum Gasteiger partial charge on any atom is 0.241 e. The van der Waals surface area contributed by atoms with E-state index in [4.69, 9.17) is 0 Å². The van der Waals surface area contributed by atoms with Crippen LogP contribution in [-0.2, 0) is 11.3 Å². The van der Waals surface area contributed by atoms with Crippen molar-refractivity contribution >= 4 is 16.9 Å².